The predicted molar refractivity (Wildman–Crippen MR) is 72.1 cm³/mol. The van der Waals surface area contributed by atoms with Crippen LogP contribution in [0.3, 0.4) is 0 Å². The Morgan fingerprint density at radius 2 is 2.20 bits per heavy atom. The Bertz CT molecular complexity index is 492. The van der Waals surface area contributed by atoms with Gasteiger partial charge in [0.05, 0.1) is 19.3 Å². The molecule has 1 aromatic carbocycles. The van der Waals surface area contributed by atoms with Gasteiger partial charge in [0.15, 0.2) is 0 Å². The number of hydrogen-bond acceptors (Lipinski definition) is 4. The van der Waals surface area contributed by atoms with Gasteiger partial charge >= 0.3 is 6.09 Å². The largest absolute Gasteiger partial charge is 0.447 e. The number of amides is 1. The van der Waals surface area contributed by atoms with Gasteiger partial charge < -0.3 is 14.6 Å². The molecule has 3 rings (SSSR count). The second-order valence-electron chi connectivity index (χ2n) is 5.62. The van der Waals surface area contributed by atoms with Crippen molar-refractivity contribution in [1.82, 2.24) is 4.90 Å². The van der Waals surface area contributed by atoms with E-state index in [1.165, 1.54) is 0 Å². The number of ether oxygens (including phenoxy) is 2. The lowest BCUT2D eigenvalue weighted by molar-refractivity contribution is -0.0569. The van der Waals surface area contributed by atoms with Crippen molar-refractivity contribution in [3.05, 3.63) is 35.9 Å². The van der Waals surface area contributed by atoms with Gasteiger partial charge in [0, 0.05) is 12.5 Å². The smallest absolute Gasteiger partial charge is 0.410 e. The molecule has 5 heteroatoms. The van der Waals surface area contributed by atoms with Crippen LogP contribution in [-0.2, 0) is 16.1 Å². The molecule has 108 valence electrons. The van der Waals surface area contributed by atoms with Crippen LogP contribution in [0.2, 0.25) is 0 Å². The maximum Gasteiger partial charge on any atom is 0.410 e. The molecule has 0 aromatic heterocycles. The standard InChI is InChI=1S/C15H19NO4/c1-11-7-16-14(18)20-10-15(16,9-17)13(11)19-8-12-5-3-2-4-6-12/h2-6,11,13,17H,7-10H2,1H3/t11-,13-,15-/m1/s1. The highest BCUT2D eigenvalue weighted by Crippen LogP contribution is 2.40. The number of rotatable bonds is 4. The maximum absolute atomic E-state index is 11.7. The first-order chi connectivity index (χ1) is 9.67. The van der Waals surface area contributed by atoms with E-state index in [4.69, 9.17) is 9.47 Å². The van der Waals surface area contributed by atoms with Gasteiger partial charge in [0.25, 0.3) is 0 Å². The van der Waals surface area contributed by atoms with E-state index in [9.17, 15) is 9.90 Å². The van der Waals surface area contributed by atoms with E-state index in [0.29, 0.717) is 13.2 Å². The van der Waals surface area contributed by atoms with E-state index in [1.54, 1.807) is 4.90 Å². The van der Waals surface area contributed by atoms with E-state index in [1.807, 2.05) is 37.3 Å². The third-order valence-corrected chi connectivity index (χ3v) is 4.27. The number of aliphatic hydroxyl groups is 1. The van der Waals surface area contributed by atoms with Crippen LogP contribution < -0.4 is 0 Å². The summed E-state index contributed by atoms with van der Waals surface area (Å²) < 4.78 is 11.1. The van der Waals surface area contributed by atoms with Crippen LogP contribution in [0.5, 0.6) is 0 Å². The molecule has 0 unspecified atom stereocenters. The molecule has 3 atom stereocenters. The van der Waals surface area contributed by atoms with Crippen molar-refractivity contribution >= 4 is 6.09 Å². The Morgan fingerprint density at radius 3 is 2.90 bits per heavy atom. The van der Waals surface area contributed by atoms with Crippen molar-refractivity contribution in [2.45, 2.75) is 25.2 Å². The van der Waals surface area contributed by atoms with E-state index in [-0.39, 0.29) is 31.3 Å². The van der Waals surface area contributed by atoms with Gasteiger partial charge in [-0.2, -0.15) is 0 Å². The number of hydrogen-bond donors (Lipinski definition) is 1. The first-order valence-electron chi connectivity index (χ1n) is 6.88. The van der Waals surface area contributed by atoms with Crippen molar-refractivity contribution in [2.75, 3.05) is 19.8 Å². The van der Waals surface area contributed by atoms with Crippen LogP contribution >= 0.6 is 0 Å². The highest BCUT2D eigenvalue weighted by atomic mass is 16.6. The van der Waals surface area contributed by atoms with Crippen LogP contribution in [0.25, 0.3) is 0 Å². The third-order valence-electron chi connectivity index (χ3n) is 4.27. The zero-order valence-electron chi connectivity index (χ0n) is 11.5. The lowest BCUT2D eigenvalue weighted by atomic mass is 9.91. The molecule has 0 bridgehead atoms. The van der Waals surface area contributed by atoms with Crippen molar-refractivity contribution in [3.63, 3.8) is 0 Å². The molecule has 2 aliphatic heterocycles. The number of aliphatic hydroxyl groups excluding tert-OH is 1. The van der Waals surface area contributed by atoms with Crippen LogP contribution in [0.15, 0.2) is 30.3 Å². The Hall–Kier alpha value is -1.59. The van der Waals surface area contributed by atoms with Gasteiger partial charge in [-0.25, -0.2) is 4.79 Å². The molecule has 2 saturated heterocycles. The Balaban J connectivity index is 1.76. The molecule has 1 N–H and O–H groups in total. The Morgan fingerprint density at radius 1 is 1.45 bits per heavy atom. The lowest BCUT2D eigenvalue weighted by Crippen LogP contribution is -2.53. The Kier molecular flexibility index (Phi) is 3.40. The lowest BCUT2D eigenvalue weighted by Gasteiger charge is -2.32. The molecule has 5 nitrogen and oxygen atoms in total. The van der Waals surface area contributed by atoms with Crippen LogP contribution in [0.1, 0.15) is 12.5 Å². The molecule has 0 saturated carbocycles. The topological polar surface area (TPSA) is 59.0 Å². The van der Waals surface area contributed by atoms with Gasteiger partial charge in [-0.1, -0.05) is 37.3 Å². The molecule has 20 heavy (non-hydrogen) atoms. The summed E-state index contributed by atoms with van der Waals surface area (Å²) in [5.41, 5.74) is 0.363. The van der Waals surface area contributed by atoms with Crippen LogP contribution in [-0.4, -0.2) is 47.5 Å². The summed E-state index contributed by atoms with van der Waals surface area (Å²) in [6, 6.07) is 9.89. The summed E-state index contributed by atoms with van der Waals surface area (Å²) in [7, 11) is 0. The number of benzene rings is 1. The minimum atomic E-state index is -0.717. The molecule has 1 amide bonds. The first kappa shape index (κ1) is 13.4. The van der Waals surface area contributed by atoms with E-state index >= 15 is 0 Å². The van der Waals surface area contributed by atoms with E-state index in [0.717, 1.165) is 5.56 Å². The second-order valence-corrected chi connectivity index (χ2v) is 5.62. The average Bonchev–Trinajstić information content (AvgIpc) is 2.93. The highest BCUT2D eigenvalue weighted by Gasteiger charge is 2.60. The number of carbonyl (C=O) groups excluding carboxylic acids is 1. The zero-order chi connectivity index (χ0) is 14.2. The molecule has 0 aliphatic carbocycles. The van der Waals surface area contributed by atoms with Gasteiger partial charge in [0.2, 0.25) is 0 Å². The van der Waals surface area contributed by atoms with Gasteiger partial charge in [-0.3, -0.25) is 4.90 Å². The summed E-state index contributed by atoms with van der Waals surface area (Å²) in [5.74, 6) is 0.179. The highest BCUT2D eigenvalue weighted by molar-refractivity contribution is 5.72. The molecular formula is C15H19NO4. The minimum Gasteiger partial charge on any atom is -0.447 e. The van der Waals surface area contributed by atoms with Crippen molar-refractivity contribution in [1.29, 1.82) is 0 Å². The average molecular weight is 277 g/mol. The maximum atomic E-state index is 11.7. The normalized spacial score (nSPS) is 32.3. The molecule has 0 spiro atoms. The van der Waals surface area contributed by atoms with Gasteiger partial charge in [0.1, 0.15) is 12.1 Å². The summed E-state index contributed by atoms with van der Waals surface area (Å²) in [6.07, 6.45) is -0.559. The number of fused-ring (bicyclic) bond motifs is 1. The summed E-state index contributed by atoms with van der Waals surface area (Å²) in [5, 5.41) is 9.78. The molecule has 2 heterocycles. The fourth-order valence-corrected chi connectivity index (χ4v) is 3.23. The first-order valence-corrected chi connectivity index (χ1v) is 6.88. The van der Waals surface area contributed by atoms with Crippen molar-refractivity contribution in [2.24, 2.45) is 5.92 Å². The number of nitrogens with zero attached hydrogens (tertiary/aromatic N) is 1. The molecular weight excluding hydrogens is 258 g/mol. The fourth-order valence-electron chi connectivity index (χ4n) is 3.23. The SMILES string of the molecule is C[C@@H]1CN2C(=O)OC[C@]2(CO)[C@@H]1OCc1ccccc1. The number of cyclic esters (lactones) is 1. The summed E-state index contributed by atoms with van der Waals surface area (Å²) in [6.45, 7) is 3.14. The number of carbonyl (C=O) groups is 1. The van der Waals surface area contributed by atoms with Gasteiger partial charge in [-0.15, -0.1) is 0 Å². The minimum absolute atomic E-state index is 0.136. The monoisotopic (exact) mass is 277 g/mol. The quantitative estimate of drug-likeness (QED) is 0.904. The summed E-state index contributed by atoms with van der Waals surface area (Å²) >= 11 is 0. The van der Waals surface area contributed by atoms with E-state index < -0.39 is 5.54 Å². The fraction of sp³-hybridized carbons (Fsp3) is 0.533. The predicted octanol–water partition coefficient (Wildman–Crippen LogP) is 1.40. The second kappa shape index (κ2) is 5.07. The van der Waals surface area contributed by atoms with E-state index in [2.05, 4.69) is 0 Å². The van der Waals surface area contributed by atoms with Crippen molar-refractivity contribution in [3.8, 4) is 0 Å². The third kappa shape index (κ3) is 1.98. The molecule has 2 fully saturated rings. The summed E-state index contributed by atoms with van der Waals surface area (Å²) in [4.78, 5) is 13.3. The van der Waals surface area contributed by atoms with Crippen LogP contribution in [0, 0.1) is 5.92 Å². The Labute approximate surface area is 118 Å². The van der Waals surface area contributed by atoms with Crippen molar-refractivity contribution < 1.29 is 19.4 Å². The van der Waals surface area contributed by atoms with Crippen LogP contribution in [0.4, 0.5) is 4.79 Å². The molecule has 2 aliphatic rings. The molecule has 1 aromatic rings. The molecule has 0 radical (unpaired) electrons. The van der Waals surface area contributed by atoms with Gasteiger partial charge in [-0.05, 0) is 5.56 Å². The zero-order valence-corrected chi connectivity index (χ0v) is 11.5.